The minimum Gasteiger partial charge on any atom is -0.478 e. The van der Waals surface area contributed by atoms with Crippen LogP contribution >= 0.6 is 11.6 Å². The van der Waals surface area contributed by atoms with Crippen molar-refractivity contribution in [2.24, 2.45) is 0 Å². The number of carboxylic acid groups (broad SMARTS) is 1. The number of aryl methyl sites for hydroxylation is 1. The molecule has 0 aliphatic rings. The lowest BCUT2D eigenvalue weighted by Crippen LogP contribution is -2.18. The summed E-state index contributed by atoms with van der Waals surface area (Å²) in [6, 6.07) is 10.7. The van der Waals surface area contributed by atoms with Gasteiger partial charge in [-0.15, -0.1) is 0 Å². The molecule has 0 unspecified atom stereocenters. The minimum absolute atomic E-state index is 0.241. The van der Waals surface area contributed by atoms with Crippen molar-refractivity contribution in [2.75, 3.05) is 11.9 Å². The van der Waals surface area contributed by atoms with Gasteiger partial charge in [0, 0.05) is 24.3 Å². The van der Waals surface area contributed by atoms with Gasteiger partial charge in [0.25, 0.3) is 0 Å². The molecular weight excluding hydrogens is 276 g/mol. The standard InChI is InChI=1S/C15H15ClN2O2/c1-10-6-12(15(19)20)8-14(17-10)18(2)9-11-4-3-5-13(16)7-11/h3-8H,9H2,1-2H3,(H,19,20). The summed E-state index contributed by atoms with van der Waals surface area (Å²) in [6.45, 7) is 2.39. The number of nitrogens with zero attached hydrogens (tertiary/aromatic N) is 2. The number of anilines is 1. The van der Waals surface area contributed by atoms with E-state index in [1.54, 1.807) is 19.1 Å². The van der Waals surface area contributed by atoms with Crippen molar-refractivity contribution in [2.45, 2.75) is 13.5 Å². The highest BCUT2D eigenvalue weighted by Crippen LogP contribution is 2.18. The Kier molecular flexibility index (Phi) is 4.25. The first kappa shape index (κ1) is 14.3. The highest BCUT2D eigenvalue weighted by atomic mass is 35.5. The molecule has 0 aliphatic heterocycles. The molecule has 4 nitrogen and oxygen atoms in total. The number of hydrogen-bond acceptors (Lipinski definition) is 3. The molecule has 0 radical (unpaired) electrons. The van der Waals surface area contributed by atoms with Crippen molar-refractivity contribution < 1.29 is 9.90 Å². The van der Waals surface area contributed by atoms with Crippen LogP contribution < -0.4 is 4.90 Å². The maximum Gasteiger partial charge on any atom is 0.335 e. The lowest BCUT2D eigenvalue weighted by molar-refractivity contribution is 0.0696. The molecule has 1 N–H and O–H groups in total. The van der Waals surface area contributed by atoms with Gasteiger partial charge in [-0.05, 0) is 36.8 Å². The Hall–Kier alpha value is -2.07. The number of carboxylic acids is 1. The SMILES string of the molecule is Cc1cc(C(=O)O)cc(N(C)Cc2cccc(Cl)c2)n1. The fraction of sp³-hybridized carbons (Fsp3) is 0.200. The molecule has 104 valence electrons. The lowest BCUT2D eigenvalue weighted by Gasteiger charge is -2.19. The first-order valence-corrected chi connectivity index (χ1v) is 6.51. The molecule has 0 atom stereocenters. The van der Waals surface area contributed by atoms with Crippen LogP contribution in [0.5, 0.6) is 0 Å². The smallest absolute Gasteiger partial charge is 0.335 e. The van der Waals surface area contributed by atoms with E-state index in [1.165, 1.54) is 0 Å². The number of pyridine rings is 1. The van der Waals surface area contributed by atoms with E-state index in [1.807, 2.05) is 36.2 Å². The van der Waals surface area contributed by atoms with Gasteiger partial charge in [0.1, 0.15) is 5.82 Å². The molecule has 1 aromatic carbocycles. The quantitative estimate of drug-likeness (QED) is 0.938. The van der Waals surface area contributed by atoms with Crippen LogP contribution in [-0.4, -0.2) is 23.1 Å². The zero-order valence-corrected chi connectivity index (χ0v) is 12.1. The Bertz CT molecular complexity index is 644. The second-order valence-electron chi connectivity index (χ2n) is 4.65. The molecule has 2 rings (SSSR count). The predicted molar refractivity (Wildman–Crippen MR) is 79.5 cm³/mol. The Balaban J connectivity index is 2.25. The normalized spacial score (nSPS) is 10.3. The Morgan fingerprint density at radius 2 is 2.10 bits per heavy atom. The molecule has 0 saturated carbocycles. The highest BCUT2D eigenvalue weighted by Gasteiger charge is 2.10. The molecule has 0 fully saturated rings. The van der Waals surface area contributed by atoms with E-state index >= 15 is 0 Å². The summed E-state index contributed by atoms with van der Waals surface area (Å²) in [6.07, 6.45) is 0. The summed E-state index contributed by atoms with van der Waals surface area (Å²) in [7, 11) is 1.87. The number of aromatic nitrogens is 1. The first-order chi connectivity index (χ1) is 9.45. The van der Waals surface area contributed by atoms with Crippen LogP contribution in [0, 0.1) is 6.92 Å². The number of benzene rings is 1. The van der Waals surface area contributed by atoms with Crippen LogP contribution in [0.4, 0.5) is 5.82 Å². The van der Waals surface area contributed by atoms with Crippen LogP contribution in [0.1, 0.15) is 21.6 Å². The van der Waals surface area contributed by atoms with E-state index in [-0.39, 0.29) is 5.56 Å². The van der Waals surface area contributed by atoms with E-state index in [2.05, 4.69) is 4.98 Å². The average molecular weight is 291 g/mol. The zero-order chi connectivity index (χ0) is 14.7. The number of hydrogen-bond donors (Lipinski definition) is 1. The molecule has 1 aromatic heterocycles. The van der Waals surface area contributed by atoms with E-state index < -0.39 is 5.97 Å². The summed E-state index contributed by atoms with van der Waals surface area (Å²) in [5.41, 5.74) is 1.96. The molecule has 0 saturated heterocycles. The number of halogens is 1. The van der Waals surface area contributed by atoms with Gasteiger partial charge < -0.3 is 10.0 Å². The molecular formula is C15H15ClN2O2. The van der Waals surface area contributed by atoms with Crippen molar-refractivity contribution in [1.29, 1.82) is 0 Å². The maximum atomic E-state index is 11.1. The second kappa shape index (κ2) is 5.92. The average Bonchev–Trinajstić information content (AvgIpc) is 2.37. The monoisotopic (exact) mass is 290 g/mol. The van der Waals surface area contributed by atoms with Gasteiger partial charge in [0.05, 0.1) is 5.56 Å². The third-order valence-corrected chi connectivity index (χ3v) is 3.12. The molecule has 0 bridgehead atoms. The molecule has 2 aromatic rings. The van der Waals surface area contributed by atoms with Crippen molar-refractivity contribution in [1.82, 2.24) is 4.98 Å². The zero-order valence-electron chi connectivity index (χ0n) is 11.3. The van der Waals surface area contributed by atoms with E-state index in [9.17, 15) is 4.79 Å². The van der Waals surface area contributed by atoms with E-state index in [0.29, 0.717) is 23.1 Å². The number of carbonyl (C=O) groups is 1. The van der Waals surface area contributed by atoms with Crippen LogP contribution in [0.15, 0.2) is 36.4 Å². The molecule has 0 amide bonds. The summed E-state index contributed by atoms with van der Waals surface area (Å²) in [5, 5.41) is 9.76. The first-order valence-electron chi connectivity index (χ1n) is 6.13. The van der Waals surface area contributed by atoms with E-state index in [0.717, 1.165) is 5.56 Å². The largest absolute Gasteiger partial charge is 0.478 e. The second-order valence-corrected chi connectivity index (χ2v) is 5.08. The molecule has 0 aliphatic carbocycles. The van der Waals surface area contributed by atoms with Gasteiger partial charge in [0.2, 0.25) is 0 Å². The number of aromatic carboxylic acids is 1. The Morgan fingerprint density at radius 1 is 1.35 bits per heavy atom. The predicted octanol–water partition coefficient (Wildman–Crippen LogP) is 3.38. The fourth-order valence-electron chi connectivity index (χ4n) is 1.96. The van der Waals surface area contributed by atoms with E-state index in [4.69, 9.17) is 16.7 Å². The third-order valence-electron chi connectivity index (χ3n) is 2.89. The summed E-state index contributed by atoms with van der Waals surface area (Å²) < 4.78 is 0. The summed E-state index contributed by atoms with van der Waals surface area (Å²) in [4.78, 5) is 17.3. The third kappa shape index (κ3) is 3.48. The summed E-state index contributed by atoms with van der Waals surface area (Å²) in [5.74, 6) is -0.324. The summed E-state index contributed by atoms with van der Waals surface area (Å²) >= 11 is 5.95. The van der Waals surface area contributed by atoms with Crippen LogP contribution in [0.25, 0.3) is 0 Å². The van der Waals surface area contributed by atoms with Gasteiger partial charge >= 0.3 is 5.97 Å². The van der Waals surface area contributed by atoms with Crippen molar-refractivity contribution in [3.63, 3.8) is 0 Å². The fourth-order valence-corrected chi connectivity index (χ4v) is 2.17. The van der Waals surface area contributed by atoms with Gasteiger partial charge in [-0.3, -0.25) is 0 Å². The van der Waals surface area contributed by atoms with Crippen molar-refractivity contribution in [3.05, 3.63) is 58.2 Å². The molecule has 20 heavy (non-hydrogen) atoms. The highest BCUT2D eigenvalue weighted by molar-refractivity contribution is 6.30. The molecule has 5 heteroatoms. The van der Waals surface area contributed by atoms with Crippen LogP contribution in [-0.2, 0) is 6.54 Å². The van der Waals surface area contributed by atoms with Crippen LogP contribution in [0.3, 0.4) is 0 Å². The van der Waals surface area contributed by atoms with Crippen molar-refractivity contribution in [3.8, 4) is 0 Å². The number of rotatable bonds is 4. The minimum atomic E-state index is -0.951. The van der Waals surface area contributed by atoms with Gasteiger partial charge in [-0.2, -0.15) is 0 Å². The van der Waals surface area contributed by atoms with Gasteiger partial charge in [0.15, 0.2) is 0 Å². The topological polar surface area (TPSA) is 53.4 Å². The lowest BCUT2D eigenvalue weighted by atomic mass is 10.2. The molecule has 0 spiro atoms. The Morgan fingerprint density at radius 3 is 2.75 bits per heavy atom. The van der Waals surface area contributed by atoms with Gasteiger partial charge in [-0.25, -0.2) is 9.78 Å². The van der Waals surface area contributed by atoms with Crippen LogP contribution in [0.2, 0.25) is 5.02 Å². The van der Waals surface area contributed by atoms with Crippen molar-refractivity contribution >= 4 is 23.4 Å². The van der Waals surface area contributed by atoms with Gasteiger partial charge in [-0.1, -0.05) is 23.7 Å². The molecule has 1 heterocycles. The Labute approximate surface area is 122 Å². The maximum absolute atomic E-state index is 11.1.